The molecule has 0 spiro atoms. The Morgan fingerprint density at radius 2 is 0.979 bits per heavy atom. The van der Waals surface area contributed by atoms with E-state index in [4.69, 9.17) is 113 Å². The van der Waals surface area contributed by atoms with Crippen molar-refractivity contribution in [1.29, 1.82) is 10.8 Å². The number of likely N-dealkylation sites (tertiary alicyclic amines) is 2. The first kappa shape index (κ1) is 92.4. The van der Waals surface area contributed by atoms with Gasteiger partial charge in [0, 0.05) is 142 Å². The Morgan fingerprint density at radius 3 is 1.56 bits per heavy atom. The van der Waals surface area contributed by atoms with E-state index < -0.39 is 0 Å². The second-order valence-electron chi connectivity index (χ2n) is 34.7. The van der Waals surface area contributed by atoms with Crippen molar-refractivity contribution in [1.82, 2.24) is 107 Å². The third-order valence-electron chi connectivity index (χ3n) is 24.0. The molecule has 0 radical (unpaired) electrons. The number of hydrogen-bond donors (Lipinski definition) is 14. The number of hydrogen-bond acceptors (Lipinski definition) is 41. The Morgan fingerprint density at radius 1 is 0.458 bits per heavy atom. The van der Waals surface area contributed by atoms with E-state index in [1.165, 1.54) is 4.68 Å². The van der Waals surface area contributed by atoms with E-state index in [0.29, 0.717) is 132 Å². The lowest BCUT2D eigenvalue weighted by atomic mass is 10.2. The summed E-state index contributed by atoms with van der Waals surface area (Å²) < 4.78 is 10.2. The molecular formula is C91H105N51. The highest BCUT2D eigenvalue weighted by molar-refractivity contribution is 6.69. The summed E-state index contributed by atoms with van der Waals surface area (Å²) in [7, 11) is 9.88. The summed E-state index contributed by atoms with van der Waals surface area (Å²) in [6.07, 6.45) is 24.3. The van der Waals surface area contributed by atoms with Crippen molar-refractivity contribution < 1.29 is 0 Å². The summed E-state index contributed by atoms with van der Waals surface area (Å²) >= 11 is 0. The van der Waals surface area contributed by atoms with Gasteiger partial charge in [-0.25, -0.2) is 78.9 Å². The molecule has 51 nitrogen and oxygen atoms in total. The minimum atomic E-state index is -0.324. The van der Waals surface area contributed by atoms with Crippen LogP contribution in [-0.4, -0.2) is 278 Å². The summed E-state index contributed by atoms with van der Waals surface area (Å²) in [5, 5.41) is 49.0. The van der Waals surface area contributed by atoms with Gasteiger partial charge in [-0.3, -0.25) is 10.8 Å². The monoisotopic (exact) mass is 1910 g/mol. The fourth-order valence-electron chi connectivity index (χ4n) is 17.1. The Hall–Kier alpha value is -18.6. The number of aryl methyl sites for hydroxylation is 4. The molecule has 14 aromatic heterocycles. The van der Waals surface area contributed by atoms with Gasteiger partial charge in [-0.15, -0.1) is 0 Å². The second kappa shape index (κ2) is 38.5. The summed E-state index contributed by atoms with van der Waals surface area (Å²) in [6, 6.07) is 22.5. The Labute approximate surface area is 810 Å². The Kier molecular flexibility index (Phi) is 25.1. The first-order valence-electron chi connectivity index (χ1n) is 45.6. The maximum absolute atomic E-state index is 8.20. The van der Waals surface area contributed by atoms with Gasteiger partial charge in [-0.05, 0) is 134 Å². The van der Waals surface area contributed by atoms with Crippen LogP contribution >= 0.6 is 0 Å². The highest BCUT2D eigenvalue weighted by Crippen LogP contribution is 2.41. The number of nitrogens with one attached hydrogen (secondary N) is 4. The summed E-state index contributed by atoms with van der Waals surface area (Å²) in [6.45, 7) is 16.3. The van der Waals surface area contributed by atoms with E-state index in [1.54, 1.807) is 68.9 Å². The maximum atomic E-state index is 8.20. The van der Waals surface area contributed by atoms with Crippen molar-refractivity contribution in [2.75, 3.05) is 165 Å². The number of amidine groups is 6. The zero-order chi connectivity index (χ0) is 99.2. The number of aromatic nitrogens is 19. The third-order valence-corrected chi connectivity index (χ3v) is 24.0. The largest absolute Gasteiger partial charge is 0.396 e. The number of aliphatic imine (C=N–C) groups is 10. The molecule has 8 aliphatic heterocycles. The van der Waals surface area contributed by atoms with Crippen LogP contribution in [0.2, 0.25) is 0 Å². The number of nitrogens with zero attached hydrogens (tertiary/aromatic N) is 37. The van der Waals surface area contributed by atoms with Crippen LogP contribution in [0.25, 0.3) is 28.0 Å². The molecule has 4 fully saturated rings. The molecule has 0 aliphatic carbocycles. The second-order valence-corrected chi connectivity index (χ2v) is 34.7. The van der Waals surface area contributed by atoms with Gasteiger partial charge in [0.2, 0.25) is 11.9 Å². The summed E-state index contributed by atoms with van der Waals surface area (Å²) in [4.78, 5) is 97.0. The van der Waals surface area contributed by atoms with Gasteiger partial charge in [0.15, 0.2) is 92.7 Å². The van der Waals surface area contributed by atoms with E-state index in [1.807, 2.05) is 154 Å². The smallest absolute Gasteiger partial charge is 0.245 e. The van der Waals surface area contributed by atoms with Crippen LogP contribution in [0.5, 0.6) is 0 Å². The Bertz CT molecular complexity index is 7840. The minimum Gasteiger partial charge on any atom is -0.396 e. The molecule has 22 rings (SSSR count). The van der Waals surface area contributed by atoms with Gasteiger partial charge in [0.1, 0.15) is 85.6 Å². The summed E-state index contributed by atoms with van der Waals surface area (Å²) in [5.74, 6) is 6.58. The van der Waals surface area contributed by atoms with Gasteiger partial charge in [-0.1, -0.05) is 12.1 Å². The number of pyridine rings is 4. The number of piperazine rings is 1. The van der Waals surface area contributed by atoms with Crippen molar-refractivity contribution in [3.8, 4) is 0 Å². The molecule has 0 saturated carbocycles. The van der Waals surface area contributed by atoms with Gasteiger partial charge >= 0.3 is 0 Å². The molecule has 724 valence electrons. The number of dihydropyridines is 2. The van der Waals surface area contributed by atoms with Crippen LogP contribution in [-0.2, 0) is 0 Å². The van der Waals surface area contributed by atoms with Crippen LogP contribution in [0.3, 0.4) is 0 Å². The lowest BCUT2D eigenvalue weighted by Crippen LogP contribution is -2.45. The fourth-order valence-corrected chi connectivity index (χ4v) is 17.1. The average molecular weight is 1910 g/mol. The van der Waals surface area contributed by atoms with Crippen molar-refractivity contribution in [3.05, 3.63) is 174 Å². The molecule has 0 aromatic carbocycles. The highest BCUT2D eigenvalue weighted by atomic mass is 15.4. The molecule has 0 bridgehead atoms. The van der Waals surface area contributed by atoms with E-state index in [-0.39, 0.29) is 63.6 Å². The van der Waals surface area contributed by atoms with E-state index >= 15 is 0 Å². The Balaban J connectivity index is 0.000000120. The molecule has 4 saturated heterocycles. The molecule has 51 heteroatoms. The van der Waals surface area contributed by atoms with Crippen molar-refractivity contribution in [2.24, 2.45) is 78.0 Å². The van der Waals surface area contributed by atoms with Crippen LogP contribution in [0.4, 0.5) is 115 Å². The van der Waals surface area contributed by atoms with Crippen LogP contribution in [0.1, 0.15) is 67.1 Å². The molecule has 8 aliphatic rings. The SMILES string of the molecule is CN(C)c1ccnc2c(N=C3C=C(N)C(N4CCCC4)=NC3=Nc3cnn4c(N(C)C)ccnc34)cnn12.CN1CCN(c2nc(Nc3c(N)nc(N)nc3N)c(N=C3C(N)=NC(=N)N=C3N)cc2N)CC1.Cc1cc(=N)n2c(n1)C(=Nc1nc(N3CCCC3)c(N)cc1Nc1cnn3c(N)cc(C)nc13)C=N2.Cc1nn2ccccc2c1N=C1C=C(N)C(N2CCCC2)=NC1=Nc1c(C)nn2ccccc12. The quantitative estimate of drug-likeness (QED) is 0.0581. The molecule has 24 N–H and O–H groups in total. The molecule has 0 atom stereocenters. The molecule has 0 unspecified atom stereocenters. The van der Waals surface area contributed by atoms with Gasteiger partial charge in [0.25, 0.3) is 0 Å². The van der Waals surface area contributed by atoms with Crippen molar-refractivity contribution in [3.63, 3.8) is 0 Å². The number of nitrogen functional groups attached to an aromatic ring is 6. The van der Waals surface area contributed by atoms with Gasteiger partial charge < -0.3 is 102 Å². The first-order valence-corrected chi connectivity index (χ1v) is 45.6. The van der Waals surface area contributed by atoms with Crippen molar-refractivity contribution in [2.45, 2.75) is 66.2 Å². The van der Waals surface area contributed by atoms with Gasteiger partial charge in [-0.2, -0.15) is 68.8 Å². The molecule has 142 heavy (non-hydrogen) atoms. The minimum absolute atomic E-state index is 0.0247. The third kappa shape index (κ3) is 18.7. The summed E-state index contributed by atoms with van der Waals surface area (Å²) in [5.41, 5.74) is 76.7. The fraction of sp³-hybridized carbons (Fsp3) is 0.275. The molecular weight excluding hydrogens is 1810 g/mol. The molecule has 22 heterocycles. The number of likely N-dealkylation sites (N-methyl/N-ethyl adjacent to an activating group) is 1. The number of anilines is 14. The zero-order valence-corrected chi connectivity index (χ0v) is 79.3. The number of guanidine groups is 1. The predicted octanol–water partition coefficient (Wildman–Crippen LogP) is 6.13. The normalized spacial score (nSPS) is 17.4. The van der Waals surface area contributed by atoms with E-state index in [9.17, 15) is 0 Å². The highest BCUT2D eigenvalue weighted by Gasteiger charge is 2.32. The molecule has 14 aromatic rings. The predicted molar refractivity (Wildman–Crippen MR) is 557 cm³/mol. The lowest BCUT2D eigenvalue weighted by Gasteiger charge is -2.34. The topological polar surface area (TPSA) is 685 Å². The van der Waals surface area contributed by atoms with E-state index in [2.05, 4.69) is 118 Å². The number of rotatable bonds is 14. The number of nitrogens with two attached hydrogens (primary N) is 10. The van der Waals surface area contributed by atoms with Gasteiger partial charge in [0.05, 0.1) is 75.7 Å². The van der Waals surface area contributed by atoms with Crippen molar-refractivity contribution >= 4 is 213 Å². The maximum Gasteiger partial charge on any atom is 0.245 e. The van der Waals surface area contributed by atoms with Crippen LogP contribution in [0.15, 0.2) is 195 Å². The average Bonchev–Trinajstić information content (AvgIpc) is 0.961. The zero-order valence-electron chi connectivity index (χ0n) is 79.3. The number of fused-ring (bicyclic) bond motifs is 6. The first-order chi connectivity index (χ1) is 68.5. The van der Waals surface area contributed by atoms with E-state index in [0.717, 1.165) is 161 Å². The lowest BCUT2D eigenvalue weighted by molar-refractivity contribution is 0.312. The standard InChI is InChI=1S/C25H29N13.C25H25N9.C23H25N13.C18H26N16/c1-34(2)20-7-9-27-24-18(14-29-37(20)24)31-17-13-16(26)23(36-11-5-6-12-36)33-22(17)32-19-15-30-38-21(35(3)4)8-10-28-25(19)38;1-16-22(20-9-3-5-13-33(20)30-16)27-19-15-18(26)25(32-11-7-8-12-32)29-24(19)28-23-17(2)31-34-14-6-4-10-21(23)34;1-12-7-18(25)35-22(29-12)16(10-27-35)31-15-9-14(24)21(34-5-3-4-6-34)33-20(15)32-17-11-28-36-19(26)8-13(2)30-23(17)36;1-33-2-4-34(5-3-33)16-7(19)6-8(26-9-11(20)28-17(24)29-12(9)21)15(32-16)27-10-13(22)30-18(25)31-14(10)23/h7-10,13-15H,5-6,11-12,26H2,1-4H3;3-6,9-10,13-15H,7-8,11-12,26H2,1-2H3;7-11,26,31H,3-6,24-25H2,1-2H3;6H,2-5,19H2,1H3,(H,27,32)(H5,20,21,24,28,29)(H6,22,23,25,30,31). The molecule has 0 amide bonds. The van der Waals surface area contributed by atoms with Crippen LogP contribution < -0.4 is 93.1 Å². The van der Waals surface area contributed by atoms with Crippen LogP contribution in [0, 0.1) is 38.5 Å².